The molecular weight excluding hydrogens is 355 g/mol. The van der Waals surface area contributed by atoms with Gasteiger partial charge in [0.05, 0.1) is 23.8 Å². The minimum absolute atomic E-state index is 0.339. The first-order valence-electron chi connectivity index (χ1n) is 8.23. The molecule has 1 aromatic heterocycles. The normalized spacial score (nSPS) is 12.0. The van der Waals surface area contributed by atoms with E-state index in [2.05, 4.69) is 10.3 Å². The fourth-order valence-corrected chi connectivity index (χ4v) is 2.75. The van der Waals surface area contributed by atoms with Crippen LogP contribution in [-0.4, -0.2) is 56.0 Å². The van der Waals surface area contributed by atoms with Crippen LogP contribution in [0.25, 0.3) is 0 Å². The maximum Gasteiger partial charge on any atom is 0.210 e. The Morgan fingerprint density at radius 3 is 2.50 bits per heavy atom. The van der Waals surface area contributed by atoms with Crippen molar-refractivity contribution in [1.29, 1.82) is 0 Å². The van der Waals surface area contributed by atoms with Crippen molar-refractivity contribution < 1.29 is 12.8 Å². The molecule has 2 rings (SSSR count). The first-order chi connectivity index (χ1) is 12.1. The molecule has 0 spiro atoms. The Hall–Kier alpha value is -2.03. The van der Waals surface area contributed by atoms with E-state index in [4.69, 9.17) is 0 Å². The van der Waals surface area contributed by atoms with E-state index in [-0.39, 0.29) is 5.82 Å². The quantitative estimate of drug-likeness (QED) is 0.763. The summed E-state index contributed by atoms with van der Waals surface area (Å²) in [5.41, 5.74) is 2.92. The predicted octanol–water partition coefficient (Wildman–Crippen LogP) is 2.60. The van der Waals surface area contributed by atoms with Crippen molar-refractivity contribution >= 4 is 21.4 Å². The van der Waals surface area contributed by atoms with Gasteiger partial charge < -0.3 is 10.2 Å². The number of anilines is 2. The summed E-state index contributed by atoms with van der Waals surface area (Å²) in [4.78, 5) is 6.18. The zero-order valence-corrected chi connectivity index (χ0v) is 16.3. The second-order valence-corrected chi connectivity index (χ2v) is 8.54. The third-order valence-electron chi connectivity index (χ3n) is 4.04. The van der Waals surface area contributed by atoms with Crippen molar-refractivity contribution in [3.8, 4) is 0 Å². The topological polar surface area (TPSA) is 65.5 Å². The van der Waals surface area contributed by atoms with E-state index >= 15 is 0 Å². The molecule has 0 saturated carbocycles. The van der Waals surface area contributed by atoms with E-state index in [1.54, 1.807) is 25.4 Å². The van der Waals surface area contributed by atoms with Crippen molar-refractivity contribution in [1.82, 2.24) is 14.2 Å². The number of benzene rings is 1. The summed E-state index contributed by atoms with van der Waals surface area (Å²) in [6.07, 6.45) is 2.85. The molecule has 2 aromatic rings. The van der Waals surface area contributed by atoms with Crippen LogP contribution in [0.3, 0.4) is 0 Å². The van der Waals surface area contributed by atoms with E-state index in [0.717, 1.165) is 16.9 Å². The second kappa shape index (κ2) is 8.57. The molecule has 0 aliphatic heterocycles. The number of aryl methyl sites for hydroxylation is 1. The van der Waals surface area contributed by atoms with Gasteiger partial charge in [-0.25, -0.2) is 17.1 Å². The highest BCUT2D eigenvalue weighted by atomic mass is 32.2. The van der Waals surface area contributed by atoms with Gasteiger partial charge in [0, 0.05) is 32.4 Å². The monoisotopic (exact) mass is 380 g/mol. The molecule has 0 fully saturated rings. The number of sulfonamides is 1. The number of likely N-dealkylation sites (N-methyl/N-ethyl adjacent to an activating group) is 2. The molecule has 0 aliphatic rings. The summed E-state index contributed by atoms with van der Waals surface area (Å²) in [7, 11) is 0.273. The highest BCUT2D eigenvalue weighted by Crippen LogP contribution is 2.21. The largest absolute Gasteiger partial charge is 0.352 e. The first-order valence-corrected chi connectivity index (χ1v) is 10.1. The van der Waals surface area contributed by atoms with E-state index in [1.165, 1.54) is 16.6 Å². The van der Waals surface area contributed by atoms with Crippen molar-refractivity contribution in [2.24, 2.45) is 0 Å². The van der Waals surface area contributed by atoms with Gasteiger partial charge >= 0.3 is 0 Å². The van der Waals surface area contributed by atoms with Gasteiger partial charge in [0.25, 0.3) is 0 Å². The van der Waals surface area contributed by atoms with Crippen molar-refractivity contribution in [2.45, 2.75) is 13.5 Å². The van der Waals surface area contributed by atoms with Crippen molar-refractivity contribution in [3.63, 3.8) is 0 Å². The minimum Gasteiger partial charge on any atom is -0.352 e. The van der Waals surface area contributed by atoms with Crippen LogP contribution < -0.4 is 5.32 Å². The molecule has 0 unspecified atom stereocenters. The Labute approximate surface area is 154 Å². The van der Waals surface area contributed by atoms with Gasteiger partial charge in [-0.05, 0) is 43.8 Å². The minimum atomic E-state index is -3.18. The van der Waals surface area contributed by atoms with Crippen molar-refractivity contribution in [3.05, 3.63) is 53.6 Å². The van der Waals surface area contributed by atoms with Crippen LogP contribution in [-0.2, 0) is 16.6 Å². The standard InChI is InChI=1S/C18H25FN4O2S/c1-14-5-7-16(12-20-14)21-18-11-15(6-8-17(18)19)13-22(2)9-10-23(3)26(4,24)25/h5-8,11-12,21H,9-10,13H2,1-4H3. The van der Waals surface area contributed by atoms with Gasteiger partial charge in [0.15, 0.2) is 0 Å². The summed E-state index contributed by atoms with van der Waals surface area (Å²) in [5, 5.41) is 3.04. The number of aromatic nitrogens is 1. The van der Waals surface area contributed by atoms with E-state index in [1.807, 2.05) is 31.0 Å². The molecule has 0 radical (unpaired) electrons. The molecule has 6 nitrogen and oxygen atoms in total. The maximum atomic E-state index is 14.1. The lowest BCUT2D eigenvalue weighted by atomic mass is 10.1. The third-order valence-corrected chi connectivity index (χ3v) is 5.35. The molecule has 0 saturated heterocycles. The molecule has 142 valence electrons. The number of nitrogens with one attached hydrogen (secondary N) is 1. The molecule has 0 aliphatic carbocycles. The number of pyridine rings is 1. The van der Waals surface area contributed by atoms with Gasteiger partial charge in [-0.1, -0.05) is 6.07 Å². The molecule has 8 heteroatoms. The van der Waals surface area contributed by atoms with Crippen LogP contribution >= 0.6 is 0 Å². The molecule has 1 N–H and O–H groups in total. The van der Waals surface area contributed by atoms with E-state index in [0.29, 0.717) is 25.3 Å². The van der Waals surface area contributed by atoms with E-state index in [9.17, 15) is 12.8 Å². The van der Waals surface area contributed by atoms with Gasteiger partial charge in [0.2, 0.25) is 10.0 Å². The summed E-state index contributed by atoms with van der Waals surface area (Å²) in [6, 6.07) is 8.62. The highest BCUT2D eigenvalue weighted by Gasteiger charge is 2.12. The molecule has 1 heterocycles. The van der Waals surface area contributed by atoms with Gasteiger partial charge in [0.1, 0.15) is 5.82 Å². The lowest BCUT2D eigenvalue weighted by Gasteiger charge is -2.21. The molecule has 0 amide bonds. The van der Waals surface area contributed by atoms with Crippen LogP contribution in [0.4, 0.5) is 15.8 Å². The van der Waals surface area contributed by atoms with Crippen molar-refractivity contribution in [2.75, 3.05) is 38.8 Å². The van der Waals surface area contributed by atoms with Crippen LogP contribution in [0, 0.1) is 12.7 Å². The SMILES string of the molecule is Cc1ccc(Nc2cc(CN(C)CCN(C)S(C)(=O)=O)ccc2F)cn1. The molecule has 0 atom stereocenters. The zero-order valence-electron chi connectivity index (χ0n) is 15.5. The average Bonchev–Trinajstić information content (AvgIpc) is 2.57. The van der Waals surface area contributed by atoms with Crippen LogP contribution in [0.2, 0.25) is 0 Å². The smallest absolute Gasteiger partial charge is 0.210 e. The molecular formula is C18H25FN4O2S. The fraction of sp³-hybridized carbons (Fsp3) is 0.389. The zero-order chi connectivity index (χ0) is 19.3. The molecule has 26 heavy (non-hydrogen) atoms. The second-order valence-electron chi connectivity index (χ2n) is 6.45. The Morgan fingerprint density at radius 1 is 1.15 bits per heavy atom. The number of hydrogen-bond donors (Lipinski definition) is 1. The lowest BCUT2D eigenvalue weighted by molar-refractivity contribution is 0.301. The maximum absolute atomic E-state index is 14.1. The first kappa shape index (κ1) is 20.3. The van der Waals surface area contributed by atoms with E-state index < -0.39 is 10.0 Å². The number of halogens is 1. The van der Waals surface area contributed by atoms with Crippen LogP contribution in [0.5, 0.6) is 0 Å². The third kappa shape index (κ3) is 6.05. The molecule has 0 bridgehead atoms. The predicted molar refractivity (Wildman–Crippen MR) is 102 cm³/mol. The average molecular weight is 380 g/mol. The Morgan fingerprint density at radius 2 is 1.88 bits per heavy atom. The van der Waals surface area contributed by atoms with Crippen LogP contribution in [0.15, 0.2) is 36.5 Å². The lowest BCUT2D eigenvalue weighted by Crippen LogP contribution is -2.33. The Kier molecular flexibility index (Phi) is 6.69. The van der Waals surface area contributed by atoms with Gasteiger partial charge in [-0.3, -0.25) is 4.98 Å². The number of rotatable bonds is 8. The Balaban J connectivity index is 2.00. The van der Waals surface area contributed by atoms with Gasteiger partial charge in [-0.2, -0.15) is 0 Å². The van der Waals surface area contributed by atoms with Gasteiger partial charge in [-0.15, -0.1) is 0 Å². The molecule has 1 aromatic carbocycles. The summed E-state index contributed by atoms with van der Waals surface area (Å²) in [6.45, 7) is 3.45. The number of nitrogens with zero attached hydrogens (tertiary/aromatic N) is 3. The highest BCUT2D eigenvalue weighted by molar-refractivity contribution is 7.88. The number of hydrogen-bond acceptors (Lipinski definition) is 5. The fourth-order valence-electron chi connectivity index (χ4n) is 2.33. The summed E-state index contributed by atoms with van der Waals surface area (Å²) < 4.78 is 38.3. The van der Waals surface area contributed by atoms with Crippen LogP contribution in [0.1, 0.15) is 11.3 Å². The summed E-state index contributed by atoms with van der Waals surface area (Å²) in [5.74, 6) is -0.339. The summed E-state index contributed by atoms with van der Waals surface area (Å²) >= 11 is 0. The Bertz CT molecular complexity index is 841.